The standard InChI is InChI=1S/C17H30N4O2/c1-12(2)9-16-13(3)19-17(20-14(16)4)18-10-15(22)11-21-5-7-23-8-6-21/h12,15,22H,5-11H2,1-4H3,(H,18,19,20)/t15-/m1/s1. The predicted molar refractivity (Wildman–Crippen MR) is 91.8 cm³/mol. The van der Waals surface area contributed by atoms with Gasteiger partial charge in [-0.25, -0.2) is 9.97 Å². The molecule has 0 saturated carbocycles. The first-order valence-corrected chi connectivity index (χ1v) is 8.52. The van der Waals surface area contributed by atoms with Gasteiger partial charge in [0.15, 0.2) is 0 Å². The summed E-state index contributed by atoms with van der Waals surface area (Å²) in [6, 6.07) is 0. The fourth-order valence-corrected chi connectivity index (χ4v) is 2.88. The van der Waals surface area contributed by atoms with Gasteiger partial charge in [0.25, 0.3) is 0 Å². The lowest BCUT2D eigenvalue weighted by Gasteiger charge is -2.28. The Bertz CT molecular complexity index is 478. The number of ether oxygens (including phenoxy) is 1. The molecule has 2 heterocycles. The average Bonchev–Trinajstić information content (AvgIpc) is 2.50. The molecule has 6 heteroatoms. The summed E-state index contributed by atoms with van der Waals surface area (Å²) in [6.07, 6.45) is 0.560. The van der Waals surface area contributed by atoms with E-state index in [0.717, 1.165) is 44.1 Å². The Kier molecular flexibility index (Phi) is 6.74. The van der Waals surface area contributed by atoms with Crippen LogP contribution >= 0.6 is 0 Å². The third kappa shape index (κ3) is 5.71. The molecular weight excluding hydrogens is 292 g/mol. The highest BCUT2D eigenvalue weighted by Crippen LogP contribution is 2.16. The van der Waals surface area contributed by atoms with Crippen molar-refractivity contribution in [3.63, 3.8) is 0 Å². The van der Waals surface area contributed by atoms with Crippen molar-refractivity contribution in [3.05, 3.63) is 17.0 Å². The van der Waals surface area contributed by atoms with Gasteiger partial charge in [-0.1, -0.05) is 13.8 Å². The Morgan fingerprint density at radius 2 is 1.78 bits per heavy atom. The number of rotatable bonds is 7. The number of aliphatic hydroxyl groups is 1. The van der Waals surface area contributed by atoms with Crippen molar-refractivity contribution in [2.24, 2.45) is 5.92 Å². The van der Waals surface area contributed by atoms with Gasteiger partial charge in [0.1, 0.15) is 0 Å². The smallest absolute Gasteiger partial charge is 0.223 e. The van der Waals surface area contributed by atoms with Gasteiger partial charge in [0.05, 0.1) is 19.3 Å². The molecule has 1 saturated heterocycles. The van der Waals surface area contributed by atoms with Crippen molar-refractivity contribution in [1.29, 1.82) is 0 Å². The quantitative estimate of drug-likeness (QED) is 0.791. The average molecular weight is 322 g/mol. The number of aryl methyl sites for hydroxylation is 2. The first kappa shape index (κ1) is 18.1. The van der Waals surface area contributed by atoms with E-state index < -0.39 is 6.10 Å². The number of nitrogens with zero attached hydrogens (tertiary/aromatic N) is 3. The minimum absolute atomic E-state index is 0.437. The SMILES string of the molecule is Cc1nc(NC[C@@H](O)CN2CCOCC2)nc(C)c1CC(C)C. The maximum atomic E-state index is 10.2. The van der Waals surface area contributed by atoms with Gasteiger partial charge in [0, 0.05) is 37.6 Å². The van der Waals surface area contributed by atoms with E-state index in [-0.39, 0.29) is 0 Å². The number of anilines is 1. The van der Waals surface area contributed by atoms with Crippen molar-refractivity contribution in [1.82, 2.24) is 14.9 Å². The normalized spacial score (nSPS) is 17.5. The number of hydrogen-bond donors (Lipinski definition) is 2. The second kappa shape index (κ2) is 8.57. The van der Waals surface area contributed by atoms with Crippen molar-refractivity contribution in [3.8, 4) is 0 Å². The van der Waals surface area contributed by atoms with Crippen molar-refractivity contribution < 1.29 is 9.84 Å². The first-order chi connectivity index (χ1) is 11.0. The lowest BCUT2D eigenvalue weighted by Crippen LogP contribution is -2.42. The number of β-amino-alcohol motifs (C(OH)–C–C–N with tert-alkyl or cyclic N) is 1. The number of aliphatic hydroxyl groups excluding tert-OH is 1. The first-order valence-electron chi connectivity index (χ1n) is 8.52. The molecule has 0 spiro atoms. The molecule has 0 bridgehead atoms. The van der Waals surface area contributed by atoms with Crippen LogP contribution in [0.4, 0.5) is 5.95 Å². The fourth-order valence-electron chi connectivity index (χ4n) is 2.88. The molecule has 6 nitrogen and oxygen atoms in total. The fraction of sp³-hybridized carbons (Fsp3) is 0.765. The number of nitrogens with one attached hydrogen (secondary N) is 1. The van der Waals surface area contributed by atoms with Crippen LogP contribution in [0.25, 0.3) is 0 Å². The Hall–Kier alpha value is -1.24. The zero-order chi connectivity index (χ0) is 16.8. The third-order valence-corrected chi connectivity index (χ3v) is 4.10. The molecule has 1 atom stereocenters. The van der Waals surface area contributed by atoms with Gasteiger partial charge >= 0.3 is 0 Å². The predicted octanol–water partition coefficient (Wildman–Crippen LogP) is 1.40. The molecular formula is C17H30N4O2. The van der Waals surface area contributed by atoms with Crippen LogP contribution in [-0.4, -0.2) is 65.5 Å². The Morgan fingerprint density at radius 1 is 1.17 bits per heavy atom. The van der Waals surface area contributed by atoms with Crippen LogP contribution < -0.4 is 5.32 Å². The topological polar surface area (TPSA) is 70.5 Å². The Labute approximate surface area is 139 Å². The maximum Gasteiger partial charge on any atom is 0.223 e. The van der Waals surface area contributed by atoms with Crippen molar-refractivity contribution in [2.45, 2.75) is 40.2 Å². The van der Waals surface area contributed by atoms with E-state index >= 15 is 0 Å². The van der Waals surface area contributed by atoms with Crippen LogP contribution in [0.15, 0.2) is 0 Å². The molecule has 0 aliphatic carbocycles. The van der Waals surface area contributed by atoms with Gasteiger partial charge < -0.3 is 15.2 Å². The minimum Gasteiger partial charge on any atom is -0.390 e. The maximum absolute atomic E-state index is 10.2. The summed E-state index contributed by atoms with van der Waals surface area (Å²) >= 11 is 0. The molecule has 130 valence electrons. The highest BCUT2D eigenvalue weighted by molar-refractivity contribution is 5.34. The molecule has 0 unspecified atom stereocenters. The highest BCUT2D eigenvalue weighted by Gasteiger charge is 2.15. The zero-order valence-electron chi connectivity index (χ0n) is 14.8. The summed E-state index contributed by atoms with van der Waals surface area (Å²) in [5, 5.41) is 13.3. The van der Waals surface area contributed by atoms with E-state index in [1.807, 2.05) is 13.8 Å². The molecule has 2 rings (SSSR count). The van der Waals surface area contributed by atoms with E-state index in [4.69, 9.17) is 4.74 Å². The summed E-state index contributed by atoms with van der Waals surface area (Å²) in [4.78, 5) is 11.3. The summed E-state index contributed by atoms with van der Waals surface area (Å²) in [6.45, 7) is 12.8. The summed E-state index contributed by atoms with van der Waals surface area (Å²) < 4.78 is 5.32. The molecule has 23 heavy (non-hydrogen) atoms. The van der Waals surface area contributed by atoms with Gasteiger partial charge in [-0.15, -0.1) is 0 Å². The van der Waals surface area contributed by atoms with E-state index in [9.17, 15) is 5.11 Å². The molecule has 1 aliphatic heterocycles. The van der Waals surface area contributed by atoms with Crippen LogP contribution in [0.2, 0.25) is 0 Å². The van der Waals surface area contributed by atoms with Crippen LogP contribution in [0.1, 0.15) is 30.8 Å². The summed E-state index contributed by atoms with van der Waals surface area (Å²) in [5.41, 5.74) is 3.28. The Balaban J connectivity index is 1.87. The second-order valence-corrected chi connectivity index (χ2v) is 6.74. The van der Waals surface area contributed by atoms with Gasteiger partial charge in [-0.05, 0) is 31.7 Å². The van der Waals surface area contributed by atoms with Gasteiger partial charge in [-0.3, -0.25) is 4.90 Å². The van der Waals surface area contributed by atoms with Crippen LogP contribution in [-0.2, 0) is 11.2 Å². The number of aromatic nitrogens is 2. The molecule has 1 fully saturated rings. The van der Waals surface area contributed by atoms with Gasteiger partial charge in [-0.2, -0.15) is 0 Å². The molecule has 1 aromatic heterocycles. The number of morpholine rings is 1. The van der Waals surface area contributed by atoms with Crippen LogP contribution in [0, 0.1) is 19.8 Å². The largest absolute Gasteiger partial charge is 0.390 e. The van der Waals surface area contributed by atoms with E-state index in [2.05, 4.69) is 34.0 Å². The van der Waals surface area contributed by atoms with Gasteiger partial charge in [0.2, 0.25) is 5.95 Å². The molecule has 0 aromatic carbocycles. The lowest BCUT2D eigenvalue weighted by atomic mass is 10.0. The van der Waals surface area contributed by atoms with E-state index in [1.54, 1.807) is 0 Å². The van der Waals surface area contributed by atoms with Crippen molar-refractivity contribution >= 4 is 5.95 Å². The lowest BCUT2D eigenvalue weighted by molar-refractivity contribution is 0.0171. The van der Waals surface area contributed by atoms with E-state index in [1.165, 1.54) is 5.56 Å². The molecule has 0 radical (unpaired) electrons. The minimum atomic E-state index is -0.437. The Morgan fingerprint density at radius 3 is 2.35 bits per heavy atom. The molecule has 2 N–H and O–H groups in total. The van der Waals surface area contributed by atoms with Crippen molar-refractivity contribution in [2.75, 3.05) is 44.7 Å². The van der Waals surface area contributed by atoms with E-state index in [0.29, 0.717) is 25.0 Å². The zero-order valence-corrected chi connectivity index (χ0v) is 14.8. The highest BCUT2D eigenvalue weighted by atomic mass is 16.5. The monoisotopic (exact) mass is 322 g/mol. The molecule has 0 amide bonds. The van der Waals surface area contributed by atoms with Crippen LogP contribution in [0.3, 0.4) is 0 Å². The summed E-state index contributed by atoms with van der Waals surface area (Å²) in [7, 11) is 0. The number of hydrogen-bond acceptors (Lipinski definition) is 6. The second-order valence-electron chi connectivity index (χ2n) is 6.74. The molecule has 1 aliphatic rings. The third-order valence-electron chi connectivity index (χ3n) is 4.10. The van der Waals surface area contributed by atoms with Crippen LogP contribution in [0.5, 0.6) is 0 Å². The summed E-state index contributed by atoms with van der Waals surface area (Å²) in [5.74, 6) is 1.19. The molecule has 1 aromatic rings.